The molecule has 0 amide bonds. The molecule has 80 valence electrons. The molecule has 1 aromatic rings. The minimum atomic E-state index is -0.657. The van der Waals surface area contributed by atoms with Crippen LogP contribution in [-0.2, 0) is 0 Å². The molecule has 1 rings (SSSR count). The van der Waals surface area contributed by atoms with E-state index in [1.54, 1.807) is 6.92 Å². The Morgan fingerprint density at radius 1 is 1.53 bits per heavy atom. The molecule has 0 N–H and O–H groups in total. The van der Waals surface area contributed by atoms with Gasteiger partial charge in [-0.3, -0.25) is 10.1 Å². The molecule has 0 bridgehead atoms. The monoisotopic (exact) mass is 223 g/mol. The van der Waals surface area contributed by atoms with Gasteiger partial charge in [-0.15, -0.1) is 11.8 Å². The molecule has 1 aromatic carbocycles. The van der Waals surface area contributed by atoms with E-state index in [4.69, 9.17) is 0 Å². The van der Waals surface area contributed by atoms with E-state index in [-0.39, 0.29) is 4.92 Å². The molecule has 0 spiro atoms. The van der Waals surface area contributed by atoms with Crippen LogP contribution < -0.4 is 0 Å². The lowest BCUT2D eigenvalue weighted by atomic mass is 10.2. The van der Waals surface area contributed by atoms with Gasteiger partial charge in [-0.2, -0.15) is 0 Å². The Balaban J connectivity index is 2.55. The van der Waals surface area contributed by atoms with E-state index < -0.39 is 6.04 Å². The highest BCUT2D eigenvalue weighted by Gasteiger charge is 2.20. The Hall–Kier alpha value is -1.29. The van der Waals surface area contributed by atoms with Gasteiger partial charge in [0, 0.05) is 9.82 Å². The third-order valence-corrected chi connectivity index (χ3v) is 3.06. The first-order valence-corrected chi connectivity index (χ1v) is 5.56. The maximum Gasteiger partial charge on any atom is 0.242 e. The molecule has 0 fully saturated rings. The summed E-state index contributed by atoms with van der Waals surface area (Å²) in [6.07, 6.45) is 0. The van der Waals surface area contributed by atoms with Crippen molar-refractivity contribution in [2.75, 3.05) is 5.75 Å². The fourth-order valence-corrected chi connectivity index (χ4v) is 2.18. The summed E-state index contributed by atoms with van der Waals surface area (Å²) in [5, 5.41) is 10.7. The second kappa shape index (κ2) is 5.56. The summed E-state index contributed by atoms with van der Waals surface area (Å²) in [4.78, 5) is 11.5. The molecule has 0 aliphatic rings. The van der Waals surface area contributed by atoms with Crippen molar-refractivity contribution >= 4 is 11.8 Å². The third-order valence-electron chi connectivity index (χ3n) is 1.97. The van der Waals surface area contributed by atoms with E-state index in [1.807, 2.05) is 30.3 Å². The molecule has 0 saturated heterocycles. The van der Waals surface area contributed by atoms with Gasteiger partial charge >= 0.3 is 0 Å². The van der Waals surface area contributed by atoms with Crippen molar-refractivity contribution in [3.05, 3.63) is 52.6 Å². The summed E-state index contributed by atoms with van der Waals surface area (Å²) in [5.41, 5.74) is 0.600. The van der Waals surface area contributed by atoms with Crippen molar-refractivity contribution < 1.29 is 4.92 Å². The molecular weight excluding hydrogens is 210 g/mol. The minimum Gasteiger partial charge on any atom is -0.264 e. The minimum absolute atomic E-state index is 0.279. The standard InChI is InChI=1S/C11H13NO2S/c1-9(2)11(12(13)14)8-15-10-6-4-3-5-7-10/h3-7,11H,1,8H2,2H3. The normalized spacial score (nSPS) is 12.1. The number of hydrogen-bond acceptors (Lipinski definition) is 3. The second-order valence-corrected chi connectivity index (χ2v) is 4.36. The summed E-state index contributed by atoms with van der Waals surface area (Å²) >= 11 is 1.48. The van der Waals surface area contributed by atoms with Crippen LogP contribution in [0.4, 0.5) is 0 Å². The Morgan fingerprint density at radius 3 is 2.60 bits per heavy atom. The quantitative estimate of drug-likeness (QED) is 0.333. The maximum absolute atomic E-state index is 10.7. The molecule has 0 aliphatic carbocycles. The Labute approximate surface area is 93.3 Å². The fourth-order valence-electron chi connectivity index (χ4n) is 1.07. The van der Waals surface area contributed by atoms with Crippen LogP contribution >= 0.6 is 11.8 Å². The lowest BCUT2D eigenvalue weighted by Crippen LogP contribution is -2.22. The van der Waals surface area contributed by atoms with Gasteiger partial charge in [-0.25, -0.2) is 0 Å². The second-order valence-electron chi connectivity index (χ2n) is 3.27. The number of thioether (sulfide) groups is 1. The molecule has 4 heteroatoms. The van der Waals surface area contributed by atoms with Crippen molar-refractivity contribution in [1.29, 1.82) is 0 Å². The average Bonchev–Trinajstić information content (AvgIpc) is 2.18. The van der Waals surface area contributed by atoms with Gasteiger partial charge < -0.3 is 0 Å². The van der Waals surface area contributed by atoms with E-state index in [2.05, 4.69) is 6.58 Å². The Kier molecular flexibility index (Phi) is 4.37. The van der Waals surface area contributed by atoms with E-state index in [0.717, 1.165) is 4.90 Å². The molecule has 0 saturated carbocycles. The van der Waals surface area contributed by atoms with Crippen molar-refractivity contribution in [2.24, 2.45) is 0 Å². The smallest absolute Gasteiger partial charge is 0.242 e. The SMILES string of the molecule is C=C(C)C(CSc1ccccc1)[N+](=O)[O-]. The molecule has 0 heterocycles. The zero-order valence-corrected chi connectivity index (χ0v) is 9.37. The van der Waals surface area contributed by atoms with Crippen molar-refractivity contribution in [3.63, 3.8) is 0 Å². The predicted molar refractivity (Wildman–Crippen MR) is 62.8 cm³/mol. The molecule has 3 nitrogen and oxygen atoms in total. The highest BCUT2D eigenvalue weighted by molar-refractivity contribution is 7.99. The van der Waals surface area contributed by atoms with E-state index in [1.165, 1.54) is 11.8 Å². The van der Waals surface area contributed by atoms with Crippen LogP contribution in [0.2, 0.25) is 0 Å². The Bertz CT molecular complexity index is 337. The van der Waals surface area contributed by atoms with Gasteiger partial charge in [0.1, 0.15) is 0 Å². The topological polar surface area (TPSA) is 43.1 Å². The molecular formula is C11H13NO2S. The molecule has 0 aromatic heterocycles. The lowest BCUT2D eigenvalue weighted by molar-refractivity contribution is -0.506. The van der Waals surface area contributed by atoms with Crippen molar-refractivity contribution in [2.45, 2.75) is 17.9 Å². The van der Waals surface area contributed by atoms with Crippen molar-refractivity contribution in [3.8, 4) is 0 Å². The first-order chi connectivity index (χ1) is 7.11. The number of nitro groups is 1. The fraction of sp³-hybridized carbons (Fsp3) is 0.273. The highest BCUT2D eigenvalue weighted by atomic mass is 32.2. The number of nitrogens with zero attached hydrogens (tertiary/aromatic N) is 1. The van der Waals surface area contributed by atoms with Crippen LogP contribution in [0.25, 0.3) is 0 Å². The summed E-state index contributed by atoms with van der Waals surface area (Å²) in [5.74, 6) is 0.437. The van der Waals surface area contributed by atoms with Gasteiger partial charge in [0.05, 0.1) is 5.75 Å². The maximum atomic E-state index is 10.7. The van der Waals surface area contributed by atoms with Gasteiger partial charge in [-0.05, 0) is 24.6 Å². The van der Waals surface area contributed by atoms with Crippen molar-refractivity contribution in [1.82, 2.24) is 0 Å². The van der Waals surface area contributed by atoms with E-state index in [9.17, 15) is 10.1 Å². The van der Waals surface area contributed by atoms with Gasteiger partial charge in [0.25, 0.3) is 0 Å². The number of benzene rings is 1. The van der Waals surface area contributed by atoms with Crippen LogP contribution in [0.3, 0.4) is 0 Å². The van der Waals surface area contributed by atoms with Crippen LogP contribution in [0.1, 0.15) is 6.92 Å². The van der Waals surface area contributed by atoms with Crippen LogP contribution in [0, 0.1) is 10.1 Å². The number of rotatable bonds is 5. The zero-order valence-electron chi connectivity index (χ0n) is 8.55. The average molecular weight is 223 g/mol. The molecule has 0 aliphatic heterocycles. The molecule has 0 radical (unpaired) electrons. The first-order valence-electron chi connectivity index (χ1n) is 4.58. The van der Waals surface area contributed by atoms with E-state index in [0.29, 0.717) is 11.3 Å². The zero-order chi connectivity index (χ0) is 11.3. The van der Waals surface area contributed by atoms with Crippen LogP contribution in [-0.4, -0.2) is 16.7 Å². The van der Waals surface area contributed by atoms with Crippen LogP contribution in [0.5, 0.6) is 0 Å². The number of hydrogen-bond donors (Lipinski definition) is 0. The summed E-state index contributed by atoms with van der Waals surface area (Å²) in [6, 6.07) is 9.00. The van der Waals surface area contributed by atoms with Gasteiger partial charge in [0.2, 0.25) is 6.04 Å². The highest BCUT2D eigenvalue weighted by Crippen LogP contribution is 2.20. The largest absolute Gasteiger partial charge is 0.264 e. The lowest BCUT2D eigenvalue weighted by Gasteiger charge is -2.08. The molecule has 15 heavy (non-hydrogen) atoms. The van der Waals surface area contributed by atoms with Gasteiger partial charge in [-0.1, -0.05) is 24.8 Å². The summed E-state index contributed by atoms with van der Waals surface area (Å²) in [7, 11) is 0. The predicted octanol–water partition coefficient (Wildman–Crippen LogP) is 3.00. The summed E-state index contributed by atoms with van der Waals surface area (Å²) in [6.45, 7) is 5.33. The summed E-state index contributed by atoms with van der Waals surface area (Å²) < 4.78 is 0. The first kappa shape index (κ1) is 11.8. The van der Waals surface area contributed by atoms with Crippen LogP contribution in [0.15, 0.2) is 47.4 Å². The third kappa shape index (κ3) is 3.75. The molecule has 1 atom stereocenters. The molecule has 1 unspecified atom stereocenters. The van der Waals surface area contributed by atoms with Gasteiger partial charge in [0.15, 0.2) is 0 Å². The van der Waals surface area contributed by atoms with E-state index >= 15 is 0 Å². The Morgan fingerprint density at radius 2 is 2.13 bits per heavy atom.